The van der Waals surface area contributed by atoms with Gasteiger partial charge in [0.25, 0.3) is 11.8 Å². The van der Waals surface area contributed by atoms with Gasteiger partial charge in [0.05, 0.1) is 5.56 Å². The van der Waals surface area contributed by atoms with Crippen molar-refractivity contribution in [2.45, 2.75) is 20.4 Å². The van der Waals surface area contributed by atoms with Crippen LogP contribution in [-0.4, -0.2) is 35.4 Å². The monoisotopic (exact) mass is 393 g/mol. The molecule has 0 spiro atoms. The second-order valence-electron chi connectivity index (χ2n) is 7.18. The van der Waals surface area contributed by atoms with E-state index in [1.54, 1.807) is 38.4 Å². The van der Waals surface area contributed by atoms with Gasteiger partial charge in [-0.2, -0.15) is 0 Å². The predicted molar refractivity (Wildman–Crippen MR) is 111 cm³/mol. The molecule has 6 heteroatoms. The highest BCUT2D eigenvalue weighted by molar-refractivity contribution is 5.96. The quantitative estimate of drug-likeness (QED) is 0.716. The van der Waals surface area contributed by atoms with E-state index in [9.17, 15) is 14.0 Å². The molecule has 0 aliphatic carbocycles. The standard InChI is InChI=1S/C23H24FN3O2/c1-15-13-21(16(2)27(15)20-11-9-19(24)10-12-20)22(28)25-14-17-5-7-18(8-6-17)23(29)26(3)4/h5-13H,14H2,1-4H3,(H,25,28). The Balaban J connectivity index is 1.72. The Morgan fingerprint density at radius 2 is 1.62 bits per heavy atom. The number of rotatable bonds is 5. The molecule has 0 unspecified atom stereocenters. The van der Waals surface area contributed by atoms with E-state index in [2.05, 4.69) is 5.32 Å². The fourth-order valence-corrected chi connectivity index (χ4v) is 3.28. The molecule has 3 aromatic rings. The fraction of sp³-hybridized carbons (Fsp3) is 0.217. The van der Waals surface area contributed by atoms with Gasteiger partial charge in [0.15, 0.2) is 0 Å². The molecule has 150 valence electrons. The molecule has 0 bridgehead atoms. The van der Waals surface area contributed by atoms with Crippen molar-refractivity contribution in [3.63, 3.8) is 0 Å². The Bertz CT molecular complexity index is 1040. The average Bonchev–Trinajstić information content (AvgIpc) is 3.01. The molecule has 2 amide bonds. The van der Waals surface area contributed by atoms with Crippen molar-refractivity contribution < 1.29 is 14.0 Å². The van der Waals surface area contributed by atoms with Crippen LogP contribution >= 0.6 is 0 Å². The molecule has 1 aromatic heterocycles. The summed E-state index contributed by atoms with van der Waals surface area (Å²) in [5, 5.41) is 2.92. The molecule has 29 heavy (non-hydrogen) atoms. The van der Waals surface area contributed by atoms with Gasteiger partial charge in [-0.3, -0.25) is 9.59 Å². The number of benzene rings is 2. The van der Waals surface area contributed by atoms with Crippen molar-refractivity contribution in [1.82, 2.24) is 14.8 Å². The summed E-state index contributed by atoms with van der Waals surface area (Å²) in [6, 6.07) is 15.2. The number of nitrogens with one attached hydrogen (secondary N) is 1. The van der Waals surface area contributed by atoms with Crippen LogP contribution in [0.3, 0.4) is 0 Å². The van der Waals surface area contributed by atoms with Crippen LogP contribution in [0.1, 0.15) is 37.7 Å². The SMILES string of the molecule is Cc1cc(C(=O)NCc2ccc(C(=O)N(C)C)cc2)c(C)n1-c1ccc(F)cc1. The minimum Gasteiger partial charge on any atom is -0.348 e. The summed E-state index contributed by atoms with van der Waals surface area (Å²) >= 11 is 0. The van der Waals surface area contributed by atoms with Crippen LogP contribution in [0.25, 0.3) is 5.69 Å². The number of halogens is 1. The Labute approximate surface area is 169 Å². The Hall–Kier alpha value is -3.41. The number of amides is 2. The highest BCUT2D eigenvalue weighted by Crippen LogP contribution is 2.21. The van der Waals surface area contributed by atoms with Crippen molar-refractivity contribution in [2.75, 3.05) is 14.1 Å². The molecule has 0 aliphatic heterocycles. The van der Waals surface area contributed by atoms with Crippen LogP contribution in [0.15, 0.2) is 54.6 Å². The van der Waals surface area contributed by atoms with E-state index in [0.29, 0.717) is 17.7 Å². The molecule has 3 rings (SSSR count). The first kappa shape index (κ1) is 20.3. The predicted octanol–water partition coefficient (Wildman–Crippen LogP) is 3.87. The summed E-state index contributed by atoms with van der Waals surface area (Å²) in [6.07, 6.45) is 0. The van der Waals surface area contributed by atoms with Crippen molar-refractivity contribution in [3.8, 4) is 5.69 Å². The van der Waals surface area contributed by atoms with Gasteiger partial charge in [0, 0.05) is 43.3 Å². The van der Waals surface area contributed by atoms with E-state index in [1.807, 2.05) is 36.6 Å². The largest absolute Gasteiger partial charge is 0.348 e. The second kappa shape index (κ2) is 8.31. The van der Waals surface area contributed by atoms with Gasteiger partial charge in [-0.1, -0.05) is 12.1 Å². The van der Waals surface area contributed by atoms with Gasteiger partial charge in [-0.15, -0.1) is 0 Å². The normalized spacial score (nSPS) is 10.7. The summed E-state index contributed by atoms with van der Waals surface area (Å²) in [5.74, 6) is -0.541. The van der Waals surface area contributed by atoms with E-state index in [0.717, 1.165) is 22.6 Å². The maximum absolute atomic E-state index is 13.2. The first-order valence-corrected chi connectivity index (χ1v) is 9.31. The first-order chi connectivity index (χ1) is 13.8. The highest BCUT2D eigenvalue weighted by atomic mass is 19.1. The fourth-order valence-electron chi connectivity index (χ4n) is 3.28. The minimum absolute atomic E-state index is 0.0613. The Morgan fingerprint density at radius 1 is 1.00 bits per heavy atom. The Morgan fingerprint density at radius 3 is 2.21 bits per heavy atom. The van der Waals surface area contributed by atoms with Crippen molar-refractivity contribution in [1.29, 1.82) is 0 Å². The molecule has 0 saturated heterocycles. The smallest absolute Gasteiger partial charge is 0.253 e. The number of carbonyl (C=O) groups is 2. The van der Waals surface area contributed by atoms with E-state index < -0.39 is 0 Å². The van der Waals surface area contributed by atoms with E-state index in [4.69, 9.17) is 0 Å². The van der Waals surface area contributed by atoms with Crippen LogP contribution in [0, 0.1) is 19.7 Å². The summed E-state index contributed by atoms with van der Waals surface area (Å²) < 4.78 is 15.1. The zero-order valence-corrected chi connectivity index (χ0v) is 17.0. The molecule has 0 atom stereocenters. The van der Waals surface area contributed by atoms with Gasteiger partial charge in [0.2, 0.25) is 0 Å². The number of aryl methyl sites for hydroxylation is 1. The second-order valence-corrected chi connectivity index (χ2v) is 7.18. The van der Waals surface area contributed by atoms with Gasteiger partial charge in [0.1, 0.15) is 5.82 Å². The van der Waals surface area contributed by atoms with Crippen LogP contribution < -0.4 is 5.32 Å². The third-order valence-corrected chi connectivity index (χ3v) is 4.82. The molecule has 5 nitrogen and oxygen atoms in total. The van der Waals surface area contributed by atoms with E-state index >= 15 is 0 Å². The molecule has 1 N–H and O–H groups in total. The topological polar surface area (TPSA) is 54.3 Å². The maximum Gasteiger partial charge on any atom is 0.253 e. The zero-order chi connectivity index (χ0) is 21.1. The van der Waals surface area contributed by atoms with E-state index in [1.165, 1.54) is 17.0 Å². The van der Waals surface area contributed by atoms with Crippen LogP contribution in [0.4, 0.5) is 4.39 Å². The van der Waals surface area contributed by atoms with Crippen LogP contribution in [0.5, 0.6) is 0 Å². The summed E-state index contributed by atoms with van der Waals surface area (Å²) in [4.78, 5) is 26.2. The first-order valence-electron chi connectivity index (χ1n) is 9.31. The highest BCUT2D eigenvalue weighted by Gasteiger charge is 2.16. The third kappa shape index (κ3) is 4.37. The Kier molecular flexibility index (Phi) is 5.82. The van der Waals surface area contributed by atoms with Gasteiger partial charge < -0.3 is 14.8 Å². The average molecular weight is 393 g/mol. The third-order valence-electron chi connectivity index (χ3n) is 4.82. The van der Waals surface area contributed by atoms with Gasteiger partial charge >= 0.3 is 0 Å². The van der Waals surface area contributed by atoms with Gasteiger partial charge in [-0.25, -0.2) is 4.39 Å². The lowest BCUT2D eigenvalue weighted by molar-refractivity contribution is 0.0827. The number of carbonyl (C=O) groups excluding carboxylic acids is 2. The molecule has 2 aromatic carbocycles. The molecule has 0 saturated carbocycles. The lowest BCUT2D eigenvalue weighted by Crippen LogP contribution is -2.24. The molecule has 0 radical (unpaired) electrons. The minimum atomic E-state index is -0.299. The molecular weight excluding hydrogens is 369 g/mol. The lowest BCUT2D eigenvalue weighted by Gasteiger charge is -2.11. The van der Waals surface area contributed by atoms with Crippen LogP contribution in [-0.2, 0) is 6.54 Å². The maximum atomic E-state index is 13.2. The van der Waals surface area contributed by atoms with E-state index in [-0.39, 0.29) is 17.6 Å². The zero-order valence-electron chi connectivity index (χ0n) is 17.0. The van der Waals surface area contributed by atoms with Gasteiger partial charge in [-0.05, 0) is 61.9 Å². The molecule has 1 heterocycles. The summed E-state index contributed by atoms with van der Waals surface area (Å²) in [6.45, 7) is 4.13. The van der Waals surface area contributed by atoms with Crippen molar-refractivity contribution in [2.24, 2.45) is 0 Å². The lowest BCUT2D eigenvalue weighted by atomic mass is 10.1. The number of nitrogens with zero attached hydrogens (tertiary/aromatic N) is 2. The number of aromatic nitrogens is 1. The number of hydrogen-bond acceptors (Lipinski definition) is 2. The molecular formula is C23H24FN3O2. The molecule has 0 aliphatic rings. The summed E-state index contributed by atoms with van der Waals surface area (Å²) in [5.41, 5.74) is 4.58. The summed E-state index contributed by atoms with van der Waals surface area (Å²) in [7, 11) is 3.41. The van der Waals surface area contributed by atoms with Crippen molar-refractivity contribution in [3.05, 3.63) is 88.5 Å². The molecule has 0 fully saturated rings. The van der Waals surface area contributed by atoms with Crippen molar-refractivity contribution >= 4 is 11.8 Å². The number of hydrogen-bond donors (Lipinski definition) is 1. The van der Waals surface area contributed by atoms with Crippen LogP contribution in [0.2, 0.25) is 0 Å².